The van der Waals surface area contributed by atoms with Crippen LogP contribution >= 0.6 is 0 Å². The van der Waals surface area contributed by atoms with Crippen LogP contribution in [0.3, 0.4) is 0 Å². The summed E-state index contributed by atoms with van der Waals surface area (Å²) in [5.74, 6) is 5.46. The summed E-state index contributed by atoms with van der Waals surface area (Å²) in [6.45, 7) is -1.25. The molecule has 3 nitrogen and oxygen atoms in total. The van der Waals surface area contributed by atoms with Crippen LogP contribution in [-0.2, 0) is 0 Å². The molecule has 0 amide bonds. The lowest BCUT2D eigenvalue weighted by molar-refractivity contribution is -0.119. The number of halogens is 3. The number of nitrogens with zero attached hydrogens (tertiary/aromatic N) is 1. The van der Waals surface area contributed by atoms with Crippen molar-refractivity contribution < 1.29 is 13.2 Å². The summed E-state index contributed by atoms with van der Waals surface area (Å²) in [7, 11) is 0. The Morgan fingerprint density at radius 3 is 2.20 bits per heavy atom. The molecule has 2 aromatic carbocycles. The largest absolute Gasteiger partial charge is 0.407 e. The van der Waals surface area contributed by atoms with Gasteiger partial charge < -0.3 is 5.73 Å². The number of benzene rings is 2. The van der Waals surface area contributed by atoms with Gasteiger partial charge in [-0.1, -0.05) is 36.4 Å². The summed E-state index contributed by atoms with van der Waals surface area (Å²) in [6.07, 6.45) is -4.38. The maximum Gasteiger partial charge on any atom is 0.407 e. The number of anilines is 2. The van der Waals surface area contributed by atoms with Crippen molar-refractivity contribution in [2.75, 3.05) is 17.3 Å². The molecule has 0 aliphatic rings. The molecule has 106 valence electrons. The Hall–Kier alpha value is -2.21. The van der Waals surface area contributed by atoms with E-state index in [0.29, 0.717) is 5.01 Å². The third-order valence-corrected chi connectivity index (χ3v) is 2.80. The van der Waals surface area contributed by atoms with Crippen molar-refractivity contribution in [3.8, 4) is 11.1 Å². The molecule has 6 heteroatoms. The van der Waals surface area contributed by atoms with Gasteiger partial charge in [-0.15, -0.1) is 0 Å². The second-order valence-corrected chi connectivity index (χ2v) is 4.38. The molecule has 0 unspecified atom stereocenters. The molecule has 0 spiro atoms. The lowest BCUT2D eigenvalue weighted by Gasteiger charge is -2.22. The maximum atomic E-state index is 12.4. The minimum atomic E-state index is -4.38. The fourth-order valence-electron chi connectivity index (χ4n) is 1.88. The first kappa shape index (κ1) is 14.2. The zero-order chi connectivity index (χ0) is 14.8. The zero-order valence-electron chi connectivity index (χ0n) is 10.6. The molecule has 0 heterocycles. The Morgan fingerprint density at radius 2 is 1.60 bits per heavy atom. The molecule has 0 aliphatic carbocycles. The lowest BCUT2D eigenvalue weighted by atomic mass is 10.0. The molecule has 0 bridgehead atoms. The van der Waals surface area contributed by atoms with Crippen molar-refractivity contribution in [2.24, 2.45) is 5.84 Å². The first-order valence-corrected chi connectivity index (χ1v) is 5.91. The van der Waals surface area contributed by atoms with E-state index in [-0.39, 0.29) is 11.4 Å². The van der Waals surface area contributed by atoms with E-state index in [1.807, 2.05) is 30.3 Å². The van der Waals surface area contributed by atoms with E-state index < -0.39 is 12.7 Å². The predicted molar refractivity (Wildman–Crippen MR) is 73.9 cm³/mol. The third-order valence-electron chi connectivity index (χ3n) is 2.80. The molecule has 20 heavy (non-hydrogen) atoms. The number of nitrogen functional groups attached to an aromatic ring is 1. The Balaban J connectivity index is 2.34. The molecule has 2 rings (SSSR count). The minimum absolute atomic E-state index is 0.156. The fourth-order valence-corrected chi connectivity index (χ4v) is 1.88. The van der Waals surface area contributed by atoms with Crippen molar-refractivity contribution in [1.82, 2.24) is 0 Å². The van der Waals surface area contributed by atoms with Crippen LogP contribution in [0.2, 0.25) is 0 Å². The van der Waals surface area contributed by atoms with E-state index >= 15 is 0 Å². The number of hydrogen-bond acceptors (Lipinski definition) is 3. The summed E-state index contributed by atoms with van der Waals surface area (Å²) in [6, 6.07) is 14.1. The maximum absolute atomic E-state index is 12.4. The van der Waals surface area contributed by atoms with Crippen LogP contribution in [0.4, 0.5) is 24.5 Å². The van der Waals surface area contributed by atoms with Crippen molar-refractivity contribution in [2.45, 2.75) is 6.18 Å². The smallest absolute Gasteiger partial charge is 0.397 e. The fraction of sp³-hybridized carbons (Fsp3) is 0.143. The summed E-state index contributed by atoms with van der Waals surface area (Å²) in [5.41, 5.74) is 7.70. The van der Waals surface area contributed by atoms with Gasteiger partial charge in [-0.25, -0.2) is 5.84 Å². The summed E-state index contributed by atoms with van der Waals surface area (Å²) in [5, 5.41) is 0.613. The normalized spacial score (nSPS) is 11.4. The molecule has 0 saturated heterocycles. The van der Waals surface area contributed by atoms with E-state index in [1.54, 1.807) is 18.2 Å². The number of alkyl halides is 3. The van der Waals surface area contributed by atoms with E-state index in [1.165, 1.54) is 0 Å². The molecule has 0 aliphatic heterocycles. The highest BCUT2D eigenvalue weighted by Crippen LogP contribution is 2.30. The molecule has 0 saturated carbocycles. The van der Waals surface area contributed by atoms with E-state index in [2.05, 4.69) is 0 Å². The van der Waals surface area contributed by atoms with Crippen LogP contribution in [-0.4, -0.2) is 12.7 Å². The van der Waals surface area contributed by atoms with Gasteiger partial charge in [0, 0.05) is 0 Å². The van der Waals surface area contributed by atoms with Crippen LogP contribution in [0.25, 0.3) is 11.1 Å². The molecular formula is C14H14F3N3. The van der Waals surface area contributed by atoms with Crippen molar-refractivity contribution in [3.63, 3.8) is 0 Å². The monoisotopic (exact) mass is 281 g/mol. The number of hydrazine groups is 1. The highest BCUT2D eigenvalue weighted by atomic mass is 19.4. The van der Waals surface area contributed by atoms with Crippen LogP contribution < -0.4 is 16.6 Å². The van der Waals surface area contributed by atoms with Gasteiger partial charge >= 0.3 is 6.18 Å². The number of nitrogens with two attached hydrogens (primary N) is 2. The van der Waals surface area contributed by atoms with Crippen LogP contribution in [0, 0.1) is 0 Å². The first-order chi connectivity index (χ1) is 9.37. The van der Waals surface area contributed by atoms with Gasteiger partial charge in [-0.05, 0) is 23.3 Å². The van der Waals surface area contributed by atoms with Gasteiger partial charge in [0.05, 0.1) is 11.4 Å². The molecule has 0 aromatic heterocycles. The molecule has 0 fully saturated rings. The second kappa shape index (κ2) is 5.42. The Labute approximate surface area is 114 Å². The topological polar surface area (TPSA) is 55.3 Å². The SMILES string of the molecule is Nc1ccc(-c2ccccc2)cc1N(N)CC(F)(F)F. The molecular weight excluding hydrogens is 267 g/mol. The second-order valence-electron chi connectivity index (χ2n) is 4.38. The van der Waals surface area contributed by atoms with Crippen LogP contribution in [0.15, 0.2) is 48.5 Å². The number of hydrogen-bond donors (Lipinski definition) is 2. The van der Waals surface area contributed by atoms with Crippen molar-refractivity contribution >= 4 is 11.4 Å². The summed E-state index contributed by atoms with van der Waals surface area (Å²) >= 11 is 0. The lowest BCUT2D eigenvalue weighted by Crippen LogP contribution is -2.40. The van der Waals surface area contributed by atoms with Crippen molar-refractivity contribution in [1.29, 1.82) is 0 Å². The standard InChI is InChI=1S/C14H14F3N3/c15-14(16,17)9-20(19)13-8-11(6-7-12(13)18)10-4-2-1-3-5-10/h1-8H,9,18-19H2. The molecule has 4 N–H and O–H groups in total. The number of rotatable bonds is 3. The molecule has 2 aromatic rings. The Bertz CT molecular complexity index is 582. The Morgan fingerprint density at radius 1 is 0.950 bits per heavy atom. The first-order valence-electron chi connectivity index (χ1n) is 5.91. The summed E-state index contributed by atoms with van der Waals surface area (Å²) < 4.78 is 37.2. The average molecular weight is 281 g/mol. The minimum Gasteiger partial charge on any atom is -0.397 e. The van der Waals surface area contributed by atoms with Gasteiger partial charge in [-0.2, -0.15) is 13.2 Å². The van der Waals surface area contributed by atoms with Crippen LogP contribution in [0.1, 0.15) is 0 Å². The van der Waals surface area contributed by atoms with Gasteiger partial charge in [0.1, 0.15) is 6.54 Å². The zero-order valence-corrected chi connectivity index (χ0v) is 10.6. The predicted octanol–water partition coefficient (Wildman–Crippen LogP) is 3.18. The van der Waals surface area contributed by atoms with E-state index in [0.717, 1.165) is 11.1 Å². The van der Waals surface area contributed by atoms with Gasteiger partial charge in [-0.3, -0.25) is 5.01 Å². The van der Waals surface area contributed by atoms with E-state index in [9.17, 15) is 13.2 Å². The third kappa shape index (κ3) is 3.42. The van der Waals surface area contributed by atoms with E-state index in [4.69, 9.17) is 11.6 Å². The van der Waals surface area contributed by atoms with Crippen molar-refractivity contribution in [3.05, 3.63) is 48.5 Å². The van der Waals surface area contributed by atoms with Gasteiger partial charge in [0.2, 0.25) is 0 Å². The Kier molecular flexibility index (Phi) is 3.85. The van der Waals surface area contributed by atoms with Gasteiger partial charge in [0.15, 0.2) is 0 Å². The van der Waals surface area contributed by atoms with Gasteiger partial charge in [0.25, 0.3) is 0 Å². The highest BCUT2D eigenvalue weighted by Gasteiger charge is 2.30. The molecule has 0 atom stereocenters. The highest BCUT2D eigenvalue weighted by molar-refractivity contribution is 5.76. The molecule has 0 radical (unpaired) electrons. The average Bonchev–Trinajstić information content (AvgIpc) is 2.38. The van der Waals surface area contributed by atoms with Crippen LogP contribution in [0.5, 0.6) is 0 Å². The quantitative estimate of drug-likeness (QED) is 0.516. The summed E-state index contributed by atoms with van der Waals surface area (Å²) in [4.78, 5) is 0.